The third-order valence-corrected chi connectivity index (χ3v) is 3.75. The molecule has 0 aliphatic heterocycles. The monoisotopic (exact) mass is 292 g/mol. The molecule has 1 aliphatic carbocycles. The van der Waals surface area contributed by atoms with E-state index in [4.69, 9.17) is 15.2 Å². The molecule has 0 aromatic heterocycles. The largest absolute Gasteiger partial charge is 0.490 e. The fraction of sp³-hybridized carbons (Fsp3) is 0.562. The molecule has 1 amide bonds. The first-order valence-corrected chi connectivity index (χ1v) is 7.59. The highest BCUT2D eigenvalue weighted by atomic mass is 16.5. The summed E-state index contributed by atoms with van der Waals surface area (Å²) in [6, 6.07) is 5.40. The lowest BCUT2D eigenvalue weighted by Crippen LogP contribution is -2.48. The lowest BCUT2D eigenvalue weighted by atomic mass is 9.98. The van der Waals surface area contributed by atoms with Gasteiger partial charge in [0.05, 0.1) is 18.8 Å². The SMILES string of the molecule is CCOc1ccc(NC(=O)C2(N)CCCC2)cc1OCC. The van der Waals surface area contributed by atoms with E-state index in [9.17, 15) is 4.79 Å². The van der Waals surface area contributed by atoms with E-state index in [1.807, 2.05) is 26.0 Å². The summed E-state index contributed by atoms with van der Waals surface area (Å²) in [5.41, 5.74) is 6.11. The molecule has 1 aromatic rings. The Kier molecular flexibility index (Phi) is 5.07. The fourth-order valence-electron chi connectivity index (χ4n) is 2.62. The Morgan fingerprint density at radius 2 is 1.81 bits per heavy atom. The van der Waals surface area contributed by atoms with Gasteiger partial charge in [-0.2, -0.15) is 0 Å². The van der Waals surface area contributed by atoms with Gasteiger partial charge >= 0.3 is 0 Å². The van der Waals surface area contributed by atoms with Crippen molar-refractivity contribution < 1.29 is 14.3 Å². The van der Waals surface area contributed by atoms with Crippen molar-refractivity contribution in [3.63, 3.8) is 0 Å². The zero-order valence-electron chi connectivity index (χ0n) is 12.8. The van der Waals surface area contributed by atoms with Crippen LogP contribution in [0.4, 0.5) is 5.69 Å². The number of hydrogen-bond donors (Lipinski definition) is 2. The smallest absolute Gasteiger partial charge is 0.244 e. The van der Waals surface area contributed by atoms with Crippen LogP contribution < -0.4 is 20.5 Å². The second-order valence-electron chi connectivity index (χ2n) is 5.34. The van der Waals surface area contributed by atoms with Crippen LogP contribution in [-0.2, 0) is 4.79 Å². The first-order chi connectivity index (χ1) is 10.1. The van der Waals surface area contributed by atoms with Crippen molar-refractivity contribution in [2.45, 2.75) is 45.1 Å². The Bertz CT molecular complexity index is 496. The molecule has 0 unspecified atom stereocenters. The Morgan fingerprint density at radius 3 is 2.43 bits per heavy atom. The lowest BCUT2D eigenvalue weighted by Gasteiger charge is -2.22. The molecule has 0 saturated heterocycles. The van der Waals surface area contributed by atoms with Gasteiger partial charge in [0.15, 0.2) is 11.5 Å². The van der Waals surface area contributed by atoms with Crippen LogP contribution in [0.2, 0.25) is 0 Å². The quantitative estimate of drug-likeness (QED) is 0.845. The van der Waals surface area contributed by atoms with Gasteiger partial charge < -0.3 is 20.5 Å². The molecule has 1 aliphatic rings. The van der Waals surface area contributed by atoms with Crippen LogP contribution in [0.1, 0.15) is 39.5 Å². The van der Waals surface area contributed by atoms with Crippen molar-refractivity contribution in [2.24, 2.45) is 5.73 Å². The van der Waals surface area contributed by atoms with Crippen LogP contribution in [0.3, 0.4) is 0 Å². The number of benzene rings is 1. The molecule has 116 valence electrons. The van der Waals surface area contributed by atoms with Crippen molar-refractivity contribution in [2.75, 3.05) is 18.5 Å². The minimum Gasteiger partial charge on any atom is -0.490 e. The summed E-state index contributed by atoms with van der Waals surface area (Å²) < 4.78 is 11.1. The highest BCUT2D eigenvalue weighted by Crippen LogP contribution is 2.32. The summed E-state index contributed by atoms with van der Waals surface area (Å²) in [4.78, 5) is 12.3. The van der Waals surface area contributed by atoms with Gasteiger partial charge in [0, 0.05) is 11.8 Å². The van der Waals surface area contributed by atoms with E-state index >= 15 is 0 Å². The van der Waals surface area contributed by atoms with E-state index in [2.05, 4.69) is 5.32 Å². The molecule has 1 fully saturated rings. The van der Waals surface area contributed by atoms with Gasteiger partial charge in [0.25, 0.3) is 0 Å². The zero-order valence-corrected chi connectivity index (χ0v) is 12.8. The topological polar surface area (TPSA) is 73.6 Å². The van der Waals surface area contributed by atoms with E-state index in [0.717, 1.165) is 25.7 Å². The van der Waals surface area contributed by atoms with Crippen molar-refractivity contribution in [1.82, 2.24) is 0 Å². The van der Waals surface area contributed by atoms with Crippen LogP contribution in [0.15, 0.2) is 18.2 Å². The normalized spacial score (nSPS) is 16.5. The summed E-state index contributed by atoms with van der Waals surface area (Å²) in [5, 5.41) is 2.89. The minimum atomic E-state index is -0.732. The third kappa shape index (κ3) is 3.67. The number of hydrogen-bond acceptors (Lipinski definition) is 4. The number of nitrogens with one attached hydrogen (secondary N) is 1. The molecule has 0 heterocycles. The van der Waals surface area contributed by atoms with Crippen molar-refractivity contribution in [1.29, 1.82) is 0 Å². The molecule has 21 heavy (non-hydrogen) atoms. The van der Waals surface area contributed by atoms with E-state index < -0.39 is 5.54 Å². The maximum Gasteiger partial charge on any atom is 0.244 e. The molecule has 3 N–H and O–H groups in total. The summed E-state index contributed by atoms with van der Waals surface area (Å²) in [5.74, 6) is 1.20. The van der Waals surface area contributed by atoms with Crippen molar-refractivity contribution in [3.05, 3.63) is 18.2 Å². The molecule has 0 spiro atoms. The maximum atomic E-state index is 12.3. The predicted molar refractivity (Wildman–Crippen MR) is 82.8 cm³/mol. The molecule has 1 saturated carbocycles. The Labute approximate surface area is 125 Å². The van der Waals surface area contributed by atoms with Crippen molar-refractivity contribution in [3.8, 4) is 11.5 Å². The van der Waals surface area contributed by atoms with Gasteiger partial charge in [0.2, 0.25) is 5.91 Å². The Hall–Kier alpha value is -1.75. The standard InChI is InChI=1S/C16H24N2O3/c1-3-20-13-8-7-12(11-14(13)21-4-2)18-15(19)16(17)9-5-6-10-16/h7-8,11H,3-6,9-10,17H2,1-2H3,(H,18,19). The summed E-state index contributed by atoms with van der Waals surface area (Å²) in [7, 11) is 0. The van der Waals surface area contributed by atoms with E-state index in [1.54, 1.807) is 6.07 Å². The van der Waals surface area contributed by atoms with Gasteiger partial charge in [-0.1, -0.05) is 12.8 Å². The highest BCUT2D eigenvalue weighted by Gasteiger charge is 2.37. The minimum absolute atomic E-state index is 0.119. The van der Waals surface area contributed by atoms with E-state index in [0.29, 0.717) is 30.4 Å². The van der Waals surface area contributed by atoms with Gasteiger partial charge in [-0.3, -0.25) is 4.79 Å². The molecular formula is C16H24N2O3. The molecule has 0 bridgehead atoms. The van der Waals surface area contributed by atoms with Crippen LogP contribution >= 0.6 is 0 Å². The molecule has 5 heteroatoms. The Morgan fingerprint density at radius 1 is 1.19 bits per heavy atom. The number of rotatable bonds is 6. The average Bonchev–Trinajstić information content (AvgIpc) is 2.90. The third-order valence-electron chi connectivity index (χ3n) is 3.75. The predicted octanol–water partition coefficient (Wildman–Crippen LogP) is 2.69. The molecule has 0 atom stereocenters. The number of ether oxygens (including phenoxy) is 2. The average molecular weight is 292 g/mol. The van der Waals surface area contributed by atoms with E-state index in [1.165, 1.54) is 0 Å². The van der Waals surface area contributed by atoms with Crippen LogP contribution in [-0.4, -0.2) is 24.7 Å². The summed E-state index contributed by atoms with van der Waals surface area (Å²) >= 11 is 0. The molecule has 0 radical (unpaired) electrons. The van der Waals surface area contributed by atoms with Crippen LogP contribution in [0.5, 0.6) is 11.5 Å². The maximum absolute atomic E-state index is 12.3. The summed E-state index contributed by atoms with van der Waals surface area (Å²) in [6.07, 6.45) is 3.51. The molecule has 5 nitrogen and oxygen atoms in total. The summed E-state index contributed by atoms with van der Waals surface area (Å²) in [6.45, 7) is 4.94. The van der Waals surface area contributed by atoms with Gasteiger partial charge in [-0.15, -0.1) is 0 Å². The lowest BCUT2D eigenvalue weighted by molar-refractivity contribution is -0.121. The number of carbonyl (C=O) groups excluding carboxylic acids is 1. The van der Waals surface area contributed by atoms with Gasteiger partial charge in [-0.25, -0.2) is 0 Å². The molecule has 2 rings (SSSR count). The molecular weight excluding hydrogens is 268 g/mol. The highest BCUT2D eigenvalue weighted by molar-refractivity contribution is 5.98. The fourth-order valence-corrected chi connectivity index (χ4v) is 2.62. The van der Waals surface area contributed by atoms with Gasteiger partial charge in [-0.05, 0) is 38.8 Å². The zero-order chi connectivity index (χ0) is 15.3. The van der Waals surface area contributed by atoms with Crippen LogP contribution in [0.25, 0.3) is 0 Å². The van der Waals surface area contributed by atoms with Crippen molar-refractivity contribution >= 4 is 11.6 Å². The second-order valence-corrected chi connectivity index (χ2v) is 5.34. The Balaban J connectivity index is 2.12. The number of amides is 1. The number of nitrogens with two attached hydrogens (primary N) is 1. The first-order valence-electron chi connectivity index (χ1n) is 7.59. The molecule has 1 aromatic carbocycles. The van der Waals surface area contributed by atoms with Gasteiger partial charge in [0.1, 0.15) is 0 Å². The second kappa shape index (κ2) is 6.80. The van der Waals surface area contributed by atoms with Crippen LogP contribution in [0, 0.1) is 0 Å². The first kappa shape index (κ1) is 15.6. The number of anilines is 1. The van der Waals surface area contributed by atoms with E-state index in [-0.39, 0.29) is 5.91 Å². The number of carbonyl (C=O) groups is 1.